The number of likely N-dealkylation sites (N-methyl/N-ethyl adjacent to an activating group) is 1. The van der Waals surface area contributed by atoms with Gasteiger partial charge in [-0.15, -0.1) is 6.42 Å². The van der Waals surface area contributed by atoms with Gasteiger partial charge in [0, 0.05) is 7.05 Å². The highest BCUT2D eigenvalue weighted by Gasteiger charge is 2.30. The summed E-state index contributed by atoms with van der Waals surface area (Å²) in [6.45, 7) is 0.0990. The molecule has 0 atom stereocenters. The molecule has 1 aliphatic heterocycles. The first kappa shape index (κ1) is 22.5. The molecule has 1 N–H and O–H groups in total. The van der Waals surface area contributed by atoms with Crippen LogP contribution in [0.4, 0.5) is 5.69 Å². The first-order valence-corrected chi connectivity index (χ1v) is 10.5. The number of carboxylic acid groups (broad SMARTS) is 1. The standard InChI is InChI=1S/C22H17BrN2O5S/c1-4-9-30-19-16(23)10-13(11-17(19)29-3)12-18-20(26)25(2)22(31-18)24-15-7-5-14(6-8-15)21(27)28/h1,5-8,10-12H,9H2,2-3H3,(H,27,28). The van der Waals surface area contributed by atoms with Crippen LogP contribution in [0.25, 0.3) is 6.08 Å². The third-order valence-electron chi connectivity index (χ3n) is 4.19. The summed E-state index contributed by atoms with van der Waals surface area (Å²) in [4.78, 5) is 30.1. The van der Waals surface area contributed by atoms with Gasteiger partial charge >= 0.3 is 5.97 Å². The van der Waals surface area contributed by atoms with E-state index in [0.717, 1.165) is 5.56 Å². The number of amides is 1. The Morgan fingerprint density at radius 2 is 2.06 bits per heavy atom. The van der Waals surface area contributed by atoms with Gasteiger partial charge in [-0.25, -0.2) is 9.79 Å². The van der Waals surface area contributed by atoms with Gasteiger partial charge in [0.1, 0.15) is 6.61 Å². The van der Waals surface area contributed by atoms with Crippen LogP contribution in [0.2, 0.25) is 0 Å². The molecule has 0 aromatic heterocycles. The van der Waals surface area contributed by atoms with Crippen molar-refractivity contribution in [2.24, 2.45) is 4.99 Å². The van der Waals surface area contributed by atoms with Crippen LogP contribution in [0.5, 0.6) is 11.5 Å². The molecule has 1 heterocycles. The fourth-order valence-electron chi connectivity index (χ4n) is 2.67. The lowest BCUT2D eigenvalue weighted by Crippen LogP contribution is -2.23. The van der Waals surface area contributed by atoms with Gasteiger partial charge in [0.25, 0.3) is 5.91 Å². The lowest BCUT2D eigenvalue weighted by molar-refractivity contribution is -0.121. The van der Waals surface area contributed by atoms with Gasteiger partial charge < -0.3 is 14.6 Å². The Balaban J connectivity index is 1.88. The van der Waals surface area contributed by atoms with Crippen molar-refractivity contribution >= 4 is 56.5 Å². The summed E-state index contributed by atoms with van der Waals surface area (Å²) in [6, 6.07) is 9.66. The van der Waals surface area contributed by atoms with Crippen molar-refractivity contribution in [1.82, 2.24) is 4.90 Å². The molecule has 1 fully saturated rings. The molecule has 0 unspecified atom stereocenters. The predicted molar refractivity (Wildman–Crippen MR) is 124 cm³/mol. The third kappa shape index (κ3) is 5.10. The molecule has 0 bridgehead atoms. The summed E-state index contributed by atoms with van der Waals surface area (Å²) in [5, 5.41) is 9.48. The van der Waals surface area contributed by atoms with E-state index in [0.29, 0.717) is 31.7 Å². The van der Waals surface area contributed by atoms with E-state index in [1.807, 2.05) is 0 Å². The number of methoxy groups -OCH3 is 1. The number of carbonyl (C=O) groups is 2. The SMILES string of the molecule is C#CCOc1c(Br)cc(C=C2SC(=Nc3ccc(C(=O)O)cc3)N(C)C2=O)cc1OC. The largest absolute Gasteiger partial charge is 0.493 e. The zero-order chi connectivity index (χ0) is 22.5. The summed E-state index contributed by atoms with van der Waals surface area (Å²) >= 11 is 4.67. The van der Waals surface area contributed by atoms with Gasteiger partial charge in [0.05, 0.1) is 27.7 Å². The molecular formula is C22H17BrN2O5S. The Bertz CT molecular complexity index is 1140. The number of carbonyl (C=O) groups excluding carboxylic acids is 1. The Labute approximate surface area is 191 Å². The number of hydrogen-bond acceptors (Lipinski definition) is 6. The average molecular weight is 501 g/mol. The molecule has 1 aliphatic rings. The van der Waals surface area contributed by atoms with E-state index in [9.17, 15) is 9.59 Å². The fourth-order valence-corrected chi connectivity index (χ4v) is 4.23. The van der Waals surface area contributed by atoms with Gasteiger partial charge in [0.2, 0.25) is 0 Å². The highest BCUT2D eigenvalue weighted by atomic mass is 79.9. The van der Waals surface area contributed by atoms with Crippen molar-refractivity contribution in [1.29, 1.82) is 0 Å². The van der Waals surface area contributed by atoms with Crippen LogP contribution < -0.4 is 9.47 Å². The normalized spacial score (nSPS) is 15.9. The number of terminal acetylenes is 1. The minimum atomic E-state index is -1.01. The summed E-state index contributed by atoms with van der Waals surface area (Å²) < 4.78 is 11.5. The average Bonchev–Trinajstić information content (AvgIpc) is 3.00. The van der Waals surface area contributed by atoms with Crippen LogP contribution in [0.3, 0.4) is 0 Å². The van der Waals surface area contributed by atoms with Crippen molar-refractivity contribution in [2.75, 3.05) is 20.8 Å². The summed E-state index contributed by atoms with van der Waals surface area (Å²) in [5.74, 6) is 2.16. The molecule has 9 heteroatoms. The smallest absolute Gasteiger partial charge is 0.335 e. The van der Waals surface area contributed by atoms with E-state index < -0.39 is 5.97 Å². The number of thioether (sulfide) groups is 1. The van der Waals surface area contributed by atoms with E-state index >= 15 is 0 Å². The number of rotatable bonds is 6. The van der Waals surface area contributed by atoms with Gasteiger partial charge in [-0.1, -0.05) is 5.92 Å². The van der Waals surface area contributed by atoms with Gasteiger partial charge in [0.15, 0.2) is 16.7 Å². The van der Waals surface area contributed by atoms with E-state index in [1.54, 1.807) is 37.4 Å². The van der Waals surface area contributed by atoms with Crippen LogP contribution in [0, 0.1) is 12.3 Å². The number of aliphatic imine (C=N–C) groups is 1. The molecule has 2 aromatic carbocycles. The molecule has 1 saturated heterocycles. The van der Waals surface area contributed by atoms with E-state index in [4.69, 9.17) is 21.0 Å². The molecule has 1 amide bonds. The summed E-state index contributed by atoms with van der Waals surface area (Å²) in [5.41, 5.74) is 1.45. The number of nitrogens with zero attached hydrogens (tertiary/aromatic N) is 2. The van der Waals surface area contributed by atoms with Crippen molar-refractivity contribution < 1.29 is 24.2 Å². The van der Waals surface area contributed by atoms with Crippen LogP contribution in [-0.4, -0.2) is 47.8 Å². The molecular weight excluding hydrogens is 484 g/mol. The zero-order valence-corrected chi connectivity index (χ0v) is 19.0. The maximum Gasteiger partial charge on any atom is 0.335 e. The minimum absolute atomic E-state index is 0.0990. The molecule has 2 aromatic rings. The minimum Gasteiger partial charge on any atom is -0.493 e. The molecule has 158 valence electrons. The molecule has 0 saturated carbocycles. The van der Waals surface area contributed by atoms with Crippen LogP contribution in [0.1, 0.15) is 15.9 Å². The molecule has 0 aliphatic carbocycles. The van der Waals surface area contributed by atoms with Gasteiger partial charge in [-0.2, -0.15) is 0 Å². The third-order valence-corrected chi connectivity index (χ3v) is 5.84. The number of ether oxygens (including phenoxy) is 2. The molecule has 0 radical (unpaired) electrons. The molecule has 0 spiro atoms. The molecule has 7 nitrogen and oxygen atoms in total. The van der Waals surface area contributed by atoms with Crippen molar-refractivity contribution in [3.8, 4) is 23.8 Å². The summed E-state index contributed by atoms with van der Waals surface area (Å²) in [7, 11) is 3.15. The second kappa shape index (κ2) is 9.73. The van der Waals surface area contributed by atoms with Crippen LogP contribution in [0.15, 0.2) is 50.8 Å². The maximum atomic E-state index is 12.7. The van der Waals surface area contributed by atoms with Crippen molar-refractivity contribution in [2.45, 2.75) is 0 Å². The number of benzene rings is 2. The second-order valence-corrected chi connectivity index (χ2v) is 8.11. The number of hydrogen-bond donors (Lipinski definition) is 1. The number of halogens is 1. The number of amidine groups is 1. The van der Waals surface area contributed by atoms with Crippen LogP contribution >= 0.6 is 27.7 Å². The first-order chi connectivity index (χ1) is 14.8. The lowest BCUT2D eigenvalue weighted by atomic mass is 10.2. The number of aromatic carboxylic acids is 1. The maximum absolute atomic E-state index is 12.7. The fraction of sp³-hybridized carbons (Fsp3) is 0.136. The molecule has 3 rings (SSSR count). The number of carboxylic acids is 1. The van der Waals surface area contributed by atoms with E-state index in [2.05, 4.69) is 26.8 Å². The second-order valence-electron chi connectivity index (χ2n) is 6.25. The monoisotopic (exact) mass is 500 g/mol. The Morgan fingerprint density at radius 3 is 2.68 bits per heavy atom. The van der Waals surface area contributed by atoms with E-state index in [-0.39, 0.29) is 18.1 Å². The topological polar surface area (TPSA) is 88.4 Å². The van der Waals surface area contributed by atoms with Gasteiger partial charge in [-0.05, 0) is 75.7 Å². The highest BCUT2D eigenvalue weighted by Crippen LogP contribution is 2.39. The lowest BCUT2D eigenvalue weighted by Gasteiger charge is -2.12. The highest BCUT2D eigenvalue weighted by molar-refractivity contribution is 9.10. The Hall–Kier alpha value is -3.22. The van der Waals surface area contributed by atoms with Crippen molar-refractivity contribution in [3.63, 3.8) is 0 Å². The Kier molecular flexibility index (Phi) is 7.05. The Morgan fingerprint density at radius 1 is 1.35 bits per heavy atom. The molecule has 31 heavy (non-hydrogen) atoms. The zero-order valence-electron chi connectivity index (χ0n) is 16.6. The van der Waals surface area contributed by atoms with Crippen molar-refractivity contribution in [3.05, 3.63) is 56.9 Å². The van der Waals surface area contributed by atoms with Crippen LogP contribution in [-0.2, 0) is 4.79 Å². The van der Waals surface area contributed by atoms with Gasteiger partial charge in [-0.3, -0.25) is 9.69 Å². The first-order valence-electron chi connectivity index (χ1n) is 8.87. The summed E-state index contributed by atoms with van der Waals surface area (Å²) in [6.07, 6.45) is 6.98. The van der Waals surface area contributed by atoms with E-state index in [1.165, 1.54) is 35.9 Å². The quantitative estimate of drug-likeness (QED) is 0.467. The predicted octanol–water partition coefficient (Wildman–Crippen LogP) is 4.40.